The highest BCUT2D eigenvalue weighted by atomic mass is 19.4. The van der Waals surface area contributed by atoms with Gasteiger partial charge in [0.05, 0.1) is 11.3 Å². The van der Waals surface area contributed by atoms with Gasteiger partial charge >= 0.3 is 6.18 Å². The number of oxime groups is 1. The van der Waals surface area contributed by atoms with Crippen molar-refractivity contribution in [1.29, 1.82) is 0 Å². The van der Waals surface area contributed by atoms with E-state index in [1.165, 1.54) is 12.1 Å². The van der Waals surface area contributed by atoms with Gasteiger partial charge in [0.15, 0.2) is 0 Å². The van der Waals surface area contributed by atoms with Gasteiger partial charge in [-0.15, -0.1) is 0 Å². The minimum Gasteiger partial charge on any atom is -0.382 e. The number of hydrogen-bond donors (Lipinski definition) is 1. The summed E-state index contributed by atoms with van der Waals surface area (Å²) < 4.78 is 38.3. The first-order valence-corrected chi connectivity index (χ1v) is 7.29. The second-order valence-electron chi connectivity index (χ2n) is 5.75. The average molecular weight is 327 g/mol. The quantitative estimate of drug-likeness (QED) is 0.900. The summed E-state index contributed by atoms with van der Waals surface area (Å²) in [5.41, 5.74) is 5.67. The molecule has 124 valence electrons. The molecule has 2 atom stereocenters. The topological polar surface area (TPSA) is 67.9 Å². The van der Waals surface area contributed by atoms with Crippen molar-refractivity contribution in [2.24, 2.45) is 10.9 Å². The molecule has 0 aromatic heterocycles. The van der Waals surface area contributed by atoms with Crippen LogP contribution in [-0.2, 0) is 15.8 Å². The zero-order valence-corrected chi connectivity index (χ0v) is 12.2. The SMILES string of the molecule is NC1CCN(C(=O)C2CC(c3cccc(C(F)(F)F)c3)=NO2)C1. The van der Waals surface area contributed by atoms with E-state index in [4.69, 9.17) is 10.6 Å². The molecule has 8 heteroatoms. The van der Waals surface area contributed by atoms with Crippen molar-refractivity contribution in [2.75, 3.05) is 13.1 Å². The van der Waals surface area contributed by atoms with E-state index in [2.05, 4.69) is 5.16 Å². The van der Waals surface area contributed by atoms with Gasteiger partial charge in [-0.25, -0.2) is 0 Å². The number of nitrogens with zero attached hydrogens (tertiary/aromatic N) is 2. The van der Waals surface area contributed by atoms with Gasteiger partial charge in [0, 0.05) is 31.1 Å². The Morgan fingerprint density at radius 1 is 1.39 bits per heavy atom. The molecule has 2 unspecified atom stereocenters. The second-order valence-corrected chi connectivity index (χ2v) is 5.75. The molecule has 0 aliphatic carbocycles. The van der Waals surface area contributed by atoms with Crippen LogP contribution in [0.5, 0.6) is 0 Å². The molecule has 5 nitrogen and oxygen atoms in total. The zero-order valence-electron chi connectivity index (χ0n) is 12.2. The summed E-state index contributed by atoms with van der Waals surface area (Å²) in [6, 6.07) is 4.81. The maximum atomic E-state index is 12.8. The third-order valence-electron chi connectivity index (χ3n) is 4.00. The number of hydrogen-bond acceptors (Lipinski definition) is 4. The van der Waals surface area contributed by atoms with Crippen LogP contribution in [0.2, 0.25) is 0 Å². The molecule has 2 aliphatic heterocycles. The van der Waals surface area contributed by atoms with Gasteiger partial charge in [0.25, 0.3) is 5.91 Å². The number of amides is 1. The maximum absolute atomic E-state index is 12.8. The Morgan fingerprint density at radius 2 is 2.17 bits per heavy atom. The highest BCUT2D eigenvalue weighted by Gasteiger charge is 2.36. The van der Waals surface area contributed by atoms with Gasteiger partial charge in [-0.3, -0.25) is 4.79 Å². The molecule has 1 fully saturated rings. The van der Waals surface area contributed by atoms with Crippen molar-refractivity contribution >= 4 is 11.6 Å². The van der Waals surface area contributed by atoms with Crippen LogP contribution in [0, 0.1) is 0 Å². The molecule has 0 saturated carbocycles. The van der Waals surface area contributed by atoms with E-state index in [0.717, 1.165) is 18.6 Å². The van der Waals surface area contributed by atoms with Gasteiger partial charge in [-0.2, -0.15) is 13.2 Å². The molecule has 1 saturated heterocycles. The Balaban J connectivity index is 1.69. The molecular weight excluding hydrogens is 311 g/mol. The van der Waals surface area contributed by atoms with Crippen LogP contribution in [0.3, 0.4) is 0 Å². The third kappa shape index (κ3) is 3.31. The van der Waals surface area contributed by atoms with E-state index in [9.17, 15) is 18.0 Å². The molecule has 0 spiro atoms. The van der Waals surface area contributed by atoms with Crippen molar-refractivity contribution in [3.63, 3.8) is 0 Å². The fourth-order valence-corrected chi connectivity index (χ4v) is 2.75. The standard InChI is InChI=1S/C15H16F3N3O2/c16-15(17,18)10-3-1-2-9(6-10)12-7-13(23-20-12)14(22)21-5-4-11(19)8-21/h1-3,6,11,13H,4-5,7-8,19H2. The third-order valence-corrected chi connectivity index (χ3v) is 4.00. The zero-order chi connectivity index (χ0) is 16.6. The smallest absolute Gasteiger partial charge is 0.382 e. The Morgan fingerprint density at radius 3 is 2.83 bits per heavy atom. The lowest BCUT2D eigenvalue weighted by Crippen LogP contribution is -2.39. The molecule has 1 amide bonds. The first-order valence-electron chi connectivity index (χ1n) is 7.29. The Kier molecular flexibility index (Phi) is 4.01. The highest BCUT2D eigenvalue weighted by Crippen LogP contribution is 2.30. The lowest BCUT2D eigenvalue weighted by atomic mass is 10.0. The lowest BCUT2D eigenvalue weighted by molar-refractivity contribution is -0.141. The first-order chi connectivity index (χ1) is 10.8. The van der Waals surface area contributed by atoms with Gasteiger partial charge in [-0.05, 0) is 18.6 Å². The summed E-state index contributed by atoms with van der Waals surface area (Å²) >= 11 is 0. The van der Waals surface area contributed by atoms with Gasteiger partial charge < -0.3 is 15.5 Å². The lowest BCUT2D eigenvalue weighted by Gasteiger charge is -2.18. The van der Waals surface area contributed by atoms with Gasteiger partial charge in [-0.1, -0.05) is 17.3 Å². The molecule has 1 aromatic carbocycles. The fraction of sp³-hybridized carbons (Fsp3) is 0.467. The molecule has 3 rings (SSSR count). The van der Waals surface area contributed by atoms with E-state index in [1.807, 2.05) is 0 Å². The van der Waals surface area contributed by atoms with Crippen molar-refractivity contribution in [3.8, 4) is 0 Å². The second kappa shape index (κ2) is 5.84. The van der Waals surface area contributed by atoms with Gasteiger partial charge in [0.2, 0.25) is 6.10 Å². The van der Waals surface area contributed by atoms with Crippen LogP contribution in [-0.4, -0.2) is 41.8 Å². The van der Waals surface area contributed by atoms with Crippen LogP contribution in [0.15, 0.2) is 29.4 Å². The van der Waals surface area contributed by atoms with Crippen LogP contribution in [0.1, 0.15) is 24.0 Å². The van der Waals surface area contributed by atoms with E-state index in [-0.39, 0.29) is 18.4 Å². The molecule has 2 aliphatic rings. The number of halogens is 3. The van der Waals surface area contributed by atoms with E-state index >= 15 is 0 Å². The van der Waals surface area contributed by atoms with Crippen molar-refractivity contribution < 1.29 is 22.8 Å². The first kappa shape index (κ1) is 15.8. The molecule has 2 N–H and O–H groups in total. The predicted molar refractivity (Wildman–Crippen MR) is 76.6 cm³/mol. The van der Waals surface area contributed by atoms with Crippen molar-refractivity contribution in [2.45, 2.75) is 31.2 Å². The molecule has 1 aromatic rings. The number of rotatable bonds is 2. The fourth-order valence-electron chi connectivity index (χ4n) is 2.75. The minimum atomic E-state index is -4.42. The molecular formula is C15H16F3N3O2. The van der Waals surface area contributed by atoms with Crippen molar-refractivity contribution in [1.82, 2.24) is 4.90 Å². The predicted octanol–water partition coefficient (Wildman–Crippen LogP) is 1.76. The number of carbonyl (C=O) groups is 1. The summed E-state index contributed by atoms with van der Waals surface area (Å²) in [6.45, 7) is 1.04. The van der Waals surface area contributed by atoms with E-state index < -0.39 is 17.8 Å². The largest absolute Gasteiger partial charge is 0.416 e. The monoisotopic (exact) mass is 327 g/mol. The van der Waals surface area contributed by atoms with Crippen LogP contribution in [0.25, 0.3) is 0 Å². The number of alkyl halides is 3. The molecule has 23 heavy (non-hydrogen) atoms. The maximum Gasteiger partial charge on any atom is 0.416 e. The van der Waals surface area contributed by atoms with Crippen LogP contribution in [0.4, 0.5) is 13.2 Å². The Bertz CT molecular complexity index is 645. The summed E-state index contributed by atoms with van der Waals surface area (Å²) in [6.07, 6.45) is -4.31. The van der Waals surface area contributed by atoms with Crippen LogP contribution < -0.4 is 5.73 Å². The number of likely N-dealkylation sites (tertiary alicyclic amines) is 1. The van der Waals surface area contributed by atoms with Crippen molar-refractivity contribution in [3.05, 3.63) is 35.4 Å². The summed E-state index contributed by atoms with van der Waals surface area (Å²) in [7, 11) is 0. The Labute approximate surface area is 130 Å². The minimum absolute atomic E-state index is 0.0378. The van der Waals surface area contributed by atoms with Gasteiger partial charge in [0.1, 0.15) is 0 Å². The number of benzene rings is 1. The average Bonchev–Trinajstić information content (AvgIpc) is 3.15. The summed E-state index contributed by atoms with van der Waals surface area (Å²) in [5, 5.41) is 3.79. The highest BCUT2D eigenvalue weighted by molar-refractivity contribution is 6.04. The summed E-state index contributed by atoms with van der Waals surface area (Å²) in [4.78, 5) is 19.0. The van der Waals surface area contributed by atoms with Crippen LogP contribution >= 0.6 is 0 Å². The molecule has 2 heterocycles. The normalized spacial score (nSPS) is 24.5. The van der Waals surface area contributed by atoms with E-state index in [0.29, 0.717) is 24.4 Å². The number of nitrogens with two attached hydrogens (primary N) is 1. The summed E-state index contributed by atoms with van der Waals surface area (Å²) in [5.74, 6) is -0.219. The molecule has 0 bridgehead atoms. The van der Waals surface area contributed by atoms with E-state index in [1.54, 1.807) is 4.90 Å². The Hall–Kier alpha value is -2.09. The molecule has 0 radical (unpaired) electrons. The number of carbonyl (C=O) groups excluding carboxylic acids is 1.